The molecule has 0 heterocycles. The second-order valence-electron chi connectivity index (χ2n) is 2.83. The van der Waals surface area contributed by atoms with Crippen LogP contribution >= 0.6 is 0 Å². The molecule has 0 radical (unpaired) electrons. The predicted molar refractivity (Wildman–Crippen MR) is 46.9 cm³/mol. The van der Waals surface area contributed by atoms with Crippen LogP contribution in [-0.2, 0) is 0 Å². The first-order valence-corrected chi connectivity index (χ1v) is 3.81. The Kier molecular flexibility index (Phi) is 2.68. The molecule has 0 amide bonds. The van der Waals surface area contributed by atoms with Gasteiger partial charge in [-0.1, -0.05) is 6.07 Å². The summed E-state index contributed by atoms with van der Waals surface area (Å²) in [5.74, 6) is 0.224. The van der Waals surface area contributed by atoms with Crippen molar-refractivity contribution in [1.82, 2.24) is 0 Å². The number of phenolic OH excluding ortho intramolecular Hbond substituents is 1. The van der Waals surface area contributed by atoms with E-state index in [0.29, 0.717) is 0 Å². The Morgan fingerprint density at radius 3 is 2.67 bits per heavy atom. The maximum absolute atomic E-state index is 9.09. The summed E-state index contributed by atoms with van der Waals surface area (Å²) >= 11 is 0. The van der Waals surface area contributed by atoms with Crippen LogP contribution in [-0.4, -0.2) is 16.8 Å². The molecule has 0 bridgehead atoms. The lowest BCUT2D eigenvalue weighted by Gasteiger charge is -2.11. The van der Waals surface area contributed by atoms with E-state index in [1.54, 1.807) is 18.2 Å². The molecule has 0 aliphatic carbocycles. The molecular formula is C9H13NO2. The van der Waals surface area contributed by atoms with E-state index in [9.17, 15) is 0 Å². The van der Waals surface area contributed by atoms with Crippen molar-refractivity contribution in [3.05, 3.63) is 29.3 Å². The summed E-state index contributed by atoms with van der Waals surface area (Å²) in [6.45, 7) is 1.77. The highest BCUT2D eigenvalue weighted by molar-refractivity contribution is 5.35. The first-order chi connectivity index (χ1) is 5.65. The molecule has 4 N–H and O–H groups in total. The summed E-state index contributed by atoms with van der Waals surface area (Å²) in [6.07, 6.45) is 0. The van der Waals surface area contributed by atoms with Crippen molar-refractivity contribution in [2.24, 2.45) is 5.73 Å². The van der Waals surface area contributed by atoms with E-state index >= 15 is 0 Å². The van der Waals surface area contributed by atoms with Gasteiger partial charge in [0.1, 0.15) is 5.75 Å². The number of hydrogen-bond acceptors (Lipinski definition) is 3. The fraction of sp³-hybridized carbons (Fsp3) is 0.333. The lowest BCUT2D eigenvalue weighted by atomic mass is 10.0. The highest BCUT2D eigenvalue weighted by Gasteiger charge is 2.07. The molecule has 0 saturated heterocycles. The molecule has 1 rings (SSSR count). The fourth-order valence-electron chi connectivity index (χ4n) is 1.17. The molecule has 1 aromatic carbocycles. The second kappa shape index (κ2) is 3.56. The van der Waals surface area contributed by atoms with E-state index in [2.05, 4.69) is 0 Å². The average Bonchev–Trinajstić information content (AvgIpc) is 2.03. The molecular weight excluding hydrogens is 154 g/mol. The number of aromatic hydroxyl groups is 1. The molecule has 1 aromatic rings. The molecule has 66 valence electrons. The molecule has 0 unspecified atom stereocenters. The molecule has 0 aromatic heterocycles. The number of rotatable bonds is 2. The largest absolute Gasteiger partial charge is 0.508 e. The van der Waals surface area contributed by atoms with Crippen LogP contribution in [0.15, 0.2) is 18.2 Å². The number of hydrogen-bond donors (Lipinski definition) is 3. The van der Waals surface area contributed by atoms with Gasteiger partial charge in [-0.05, 0) is 30.2 Å². The maximum atomic E-state index is 9.09. The van der Waals surface area contributed by atoms with Crippen LogP contribution in [0.2, 0.25) is 0 Å². The van der Waals surface area contributed by atoms with Crippen molar-refractivity contribution in [1.29, 1.82) is 0 Å². The number of aryl methyl sites for hydroxylation is 1. The summed E-state index contributed by atoms with van der Waals surface area (Å²) in [7, 11) is 0. The fourth-order valence-corrected chi connectivity index (χ4v) is 1.17. The third-order valence-electron chi connectivity index (χ3n) is 1.85. The van der Waals surface area contributed by atoms with E-state index in [1.807, 2.05) is 6.92 Å². The summed E-state index contributed by atoms with van der Waals surface area (Å²) in [4.78, 5) is 0. The van der Waals surface area contributed by atoms with Crippen molar-refractivity contribution in [3.8, 4) is 5.75 Å². The van der Waals surface area contributed by atoms with Gasteiger partial charge in [0.2, 0.25) is 0 Å². The van der Waals surface area contributed by atoms with Crippen LogP contribution in [0.4, 0.5) is 0 Å². The molecule has 0 saturated carbocycles. The Labute approximate surface area is 71.5 Å². The van der Waals surface area contributed by atoms with Crippen molar-refractivity contribution >= 4 is 0 Å². The van der Waals surface area contributed by atoms with Crippen molar-refractivity contribution < 1.29 is 10.2 Å². The minimum atomic E-state index is -0.356. The summed E-state index contributed by atoms with van der Waals surface area (Å²) in [6, 6.07) is 4.57. The van der Waals surface area contributed by atoms with E-state index in [1.165, 1.54) is 0 Å². The first-order valence-electron chi connectivity index (χ1n) is 3.81. The third kappa shape index (κ3) is 1.75. The summed E-state index contributed by atoms with van der Waals surface area (Å²) in [5.41, 5.74) is 7.38. The Bertz CT molecular complexity index is 273. The van der Waals surface area contributed by atoms with E-state index < -0.39 is 0 Å². The topological polar surface area (TPSA) is 66.5 Å². The molecule has 3 heteroatoms. The molecule has 12 heavy (non-hydrogen) atoms. The van der Waals surface area contributed by atoms with Gasteiger partial charge in [-0.25, -0.2) is 0 Å². The van der Waals surface area contributed by atoms with Crippen molar-refractivity contribution in [3.63, 3.8) is 0 Å². The predicted octanol–water partition coefficient (Wildman–Crippen LogP) is 0.693. The van der Waals surface area contributed by atoms with Crippen molar-refractivity contribution in [2.45, 2.75) is 13.0 Å². The van der Waals surface area contributed by atoms with Crippen LogP contribution in [0, 0.1) is 6.92 Å². The summed E-state index contributed by atoms with van der Waals surface area (Å²) in [5, 5.41) is 17.9. The van der Waals surface area contributed by atoms with Gasteiger partial charge in [0.05, 0.1) is 12.6 Å². The number of phenols is 1. The van der Waals surface area contributed by atoms with Gasteiger partial charge in [0, 0.05) is 0 Å². The zero-order chi connectivity index (χ0) is 9.14. The van der Waals surface area contributed by atoms with Gasteiger partial charge < -0.3 is 15.9 Å². The molecule has 0 spiro atoms. The Balaban J connectivity index is 3.01. The Morgan fingerprint density at radius 1 is 1.50 bits per heavy atom. The van der Waals surface area contributed by atoms with Crippen LogP contribution in [0.3, 0.4) is 0 Å². The van der Waals surface area contributed by atoms with E-state index in [4.69, 9.17) is 15.9 Å². The van der Waals surface area contributed by atoms with Gasteiger partial charge in [0.15, 0.2) is 0 Å². The number of nitrogens with two attached hydrogens (primary N) is 1. The van der Waals surface area contributed by atoms with Gasteiger partial charge in [-0.2, -0.15) is 0 Å². The van der Waals surface area contributed by atoms with Gasteiger partial charge in [-0.15, -0.1) is 0 Å². The first kappa shape index (κ1) is 9.03. The van der Waals surface area contributed by atoms with Crippen LogP contribution in [0.1, 0.15) is 17.2 Å². The summed E-state index contributed by atoms with van der Waals surface area (Å²) < 4.78 is 0. The Morgan fingerprint density at radius 2 is 2.17 bits per heavy atom. The maximum Gasteiger partial charge on any atom is 0.115 e. The number of aliphatic hydroxyl groups excluding tert-OH is 1. The quantitative estimate of drug-likeness (QED) is 0.607. The zero-order valence-corrected chi connectivity index (χ0v) is 6.99. The number of aliphatic hydroxyl groups is 1. The van der Waals surface area contributed by atoms with Gasteiger partial charge in [-0.3, -0.25) is 0 Å². The minimum absolute atomic E-state index is 0.0778. The van der Waals surface area contributed by atoms with E-state index in [0.717, 1.165) is 11.1 Å². The van der Waals surface area contributed by atoms with Crippen LogP contribution in [0.25, 0.3) is 0 Å². The minimum Gasteiger partial charge on any atom is -0.508 e. The smallest absolute Gasteiger partial charge is 0.115 e. The standard InChI is InChI=1S/C9H13NO2/c1-6-4-7(12)2-3-8(6)9(10)5-11/h2-4,9,11-12H,5,10H2,1H3/t9-/m1/s1. The highest BCUT2D eigenvalue weighted by Crippen LogP contribution is 2.19. The van der Waals surface area contributed by atoms with Crippen LogP contribution < -0.4 is 5.73 Å². The third-order valence-corrected chi connectivity index (χ3v) is 1.85. The lowest BCUT2D eigenvalue weighted by molar-refractivity contribution is 0.267. The Hall–Kier alpha value is -1.06. The average molecular weight is 167 g/mol. The number of benzene rings is 1. The molecule has 0 aliphatic rings. The normalized spacial score (nSPS) is 12.9. The molecule has 1 atom stereocenters. The SMILES string of the molecule is Cc1cc(O)ccc1[C@H](N)CO. The lowest BCUT2D eigenvalue weighted by Crippen LogP contribution is -2.15. The molecule has 0 aliphatic heterocycles. The molecule has 3 nitrogen and oxygen atoms in total. The van der Waals surface area contributed by atoms with Gasteiger partial charge >= 0.3 is 0 Å². The van der Waals surface area contributed by atoms with Gasteiger partial charge in [0.25, 0.3) is 0 Å². The van der Waals surface area contributed by atoms with Crippen molar-refractivity contribution in [2.75, 3.05) is 6.61 Å². The van der Waals surface area contributed by atoms with E-state index in [-0.39, 0.29) is 18.4 Å². The zero-order valence-electron chi connectivity index (χ0n) is 6.99. The van der Waals surface area contributed by atoms with Crippen LogP contribution in [0.5, 0.6) is 5.75 Å². The second-order valence-corrected chi connectivity index (χ2v) is 2.83. The highest BCUT2D eigenvalue weighted by atomic mass is 16.3. The monoisotopic (exact) mass is 167 g/mol. The molecule has 0 fully saturated rings.